The Bertz CT molecular complexity index is 409. The van der Waals surface area contributed by atoms with E-state index in [2.05, 4.69) is 15.1 Å². The van der Waals surface area contributed by atoms with Gasteiger partial charge in [-0.15, -0.1) is 0 Å². The molecule has 0 saturated carbocycles. The van der Waals surface area contributed by atoms with Crippen molar-refractivity contribution in [2.24, 2.45) is 0 Å². The molecule has 2 rings (SSSR count). The van der Waals surface area contributed by atoms with Crippen molar-refractivity contribution >= 4 is 6.29 Å². The normalized spacial score (nSPS) is 9.85. The predicted octanol–water partition coefficient (Wildman–Crippen LogP) is 0.475. The van der Waals surface area contributed by atoms with Gasteiger partial charge in [0.15, 0.2) is 12.1 Å². The first-order valence-electron chi connectivity index (χ1n) is 3.67. The molecule has 0 aliphatic heterocycles. The minimum atomic E-state index is 0.471. The summed E-state index contributed by atoms with van der Waals surface area (Å²) in [5.74, 6) is 0.585. The zero-order valence-electron chi connectivity index (χ0n) is 6.66. The molecular formula is C8H6N4O. The third kappa shape index (κ3) is 1.31. The summed E-state index contributed by atoms with van der Waals surface area (Å²) in [4.78, 5) is 18.3. The van der Waals surface area contributed by atoms with Crippen LogP contribution in [-0.2, 0) is 0 Å². The highest BCUT2D eigenvalue weighted by atomic mass is 16.1. The van der Waals surface area contributed by atoms with Crippen molar-refractivity contribution in [3.63, 3.8) is 0 Å². The minimum absolute atomic E-state index is 0.471. The van der Waals surface area contributed by atoms with E-state index in [1.807, 2.05) is 0 Å². The Labute approximate surface area is 74.1 Å². The smallest absolute Gasteiger partial charge is 0.168 e. The lowest BCUT2D eigenvalue weighted by molar-refractivity contribution is 0.111. The van der Waals surface area contributed by atoms with Gasteiger partial charge < -0.3 is 0 Å². The highest BCUT2D eigenvalue weighted by Crippen LogP contribution is 2.03. The van der Waals surface area contributed by atoms with Crippen LogP contribution >= 0.6 is 0 Å². The Balaban J connectivity index is 2.52. The van der Waals surface area contributed by atoms with Gasteiger partial charge in [0, 0.05) is 12.3 Å². The van der Waals surface area contributed by atoms with E-state index in [4.69, 9.17) is 0 Å². The van der Waals surface area contributed by atoms with Gasteiger partial charge in [0.25, 0.3) is 0 Å². The lowest BCUT2D eigenvalue weighted by Crippen LogP contribution is -2.03. The summed E-state index contributed by atoms with van der Waals surface area (Å²) in [6, 6.07) is 3.30. The fraction of sp³-hybridized carbons (Fsp3) is 0. The molecule has 0 aromatic carbocycles. The van der Waals surface area contributed by atoms with Crippen LogP contribution < -0.4 is 0 Å². The second kappa shape index (κ2) is 3.14. The third-order valence-corrected chi connectivity index (χ3v) is 1.58. The van der Waals surface area contributed by atoms with E-state index in [-0.39, 0.29) is 0 Å². The Kier molecular flexibility index (Phi) is 1.84. The van der Waals surface area contributed by atoms with Crippen LogP contribution in [0.3, 0.4) is 0 Å². The molecule has 5 nitrogen and oxygen atoms in total. The first-order chi connectivity index (χ1) is 6.42. The minimum Gasteiger partial charge on any atom is -0.296 e. The van der Waals surface area contributed by atoms with Crippen molar-refractivity contribution in [2.45, 2.75) is 0 Å². The molecule has 0 saturated heterocycles. The topological polar surface area (TPSA) is 60.7 Å². The van der Waals surface area contributed by atoms with Crippen molar-refractivity contribution in [2.75, 3.05) is 0 Å². The van der Waals surface area contributed by atoms with Crippen molar-refractivity contribution in [3.8, 4) is 5.82 Å². The van der Waals surface area contributed by atoms with Crippen LogP contribution in [-0.4, -0.2) is 26.0 Å². The van der Waals surface area contributed by atoms with Gasteiger partial charge in [0.1, 0.15) is 12.0 Å². The van der Waals surface area contributed by atoms with Crippen molar-refractivity contribution in [1.29, 1.82) is 0 Å². The van der Waals surface area contributed by atoms with E-state index in [9.17, 15) is 4.79 Å². The SMILES string of the molecule is O=Cc1ccnn1-c1ccncn1. The Morgan fingerprint density at radius 1 is 1.31 bits per heavy atom. The van der Waals surface area contributed by atoms with Crippen LogP contribution in [0.5, 0.6) is 0 Å². The molecule has 2 aromatic rings. The molecule has 2 aromatic heterocycles. The van der Waals surface area contributed by atoms with E-state index in [0.29, 0.717) is 11.5 Å². The number of rotatable bonds is 2. The molecule has 13 heavy (non-hydrogen) atoms. The molecular weight excluding hydrogens is 168 g/mol. The molecule has 0 unspecified atom stereocenters. The molecule has 5 heteroatoms. The van der Waals surface area contributed by atoms with Gasteiger partial charge in [-0.25, -0.2) is 14.6 Å². The molecule has 0 radical (unpaired) electrons. The van der Waals surface area contributed by atoms with E-state index >= 15 is 0 Å². The highest BCUT2D eigenvalue weighted by Gasteiger charge is 2.02. The van der Waals surface area contributed by atoms with Gasteiger partial charge in [-0.2, -0.15) is 5.10 Å². The fourth-order valence-corrected chi connectivity index (χ4v) is 1.00. The number of aromatic nitrogens is 4. The number of hydrogen-bond acceptors (Lipinski definition) is 4. The Morgan fingerprint density at radius 3 is 2.92 bits per heavy atom. The van der Waals surface area contributed by atoms with Crippen LogP contribution in [0.2, 0.25) is 0 Å². The Morgan fingerprint density at radius 2 is 2.23 bits per heavy atom. The highest BCUT2D eigenvalue weighted by molar-refractivity contribution is 5.72. The maximum atomic E-state index is 10.6. The molecule has 64 valence electrons. The fourth-order valence-electron chi connectivity index (χ4n) is 1.00. The van der Waals surface area contributed by atoms with Crippen LogP contribution in [0.25, 0.3) is 5.82 Å². The first-order valence-corrected chi connectivity index (χ1v) is 3.67. The monoisotopic (exact) mass is 174 g/mol. The summed E-state index contributed by atoms with van der Waals surface area (Å²) in [6.45, 7) is 0. The second-order valence-corrected chi connectivity index (χ2v) is 2.35. The Hall–Kier alpha value is -2.04. The van der Waals surface area contributed by atoms with Crippen LogP contribution in [0.4, 0.5) is 0 Å². The lowest BCUT2D eigenvalue weighted by atomic mass is 10.4. The summed E-state index contributed by atoms with van der Waals surface area (Å²) in [5.41, 5.74) is 0.471. The van der Waals surface area contributed by atoms with Crippen LogP contribution in [0, 0.1) is 0 Å². The van der Waals surface area contributed by atoms with Gasteiger partial charge in [0.2, 0.25) is 0 Å². The van der Waals surface area contributed by atoms with Gasteiger partial charge in [-0.05, 0) is 6.07 Å². The second-order valence-electron chi connectivity index (χ2n) is 2.35. The number of aldehydes is 1. The van der Waals surface area contributed by atoms with E-state index < -0.39 is 0 Å². The van der Waals surface area contributed by atoms with Gasteiger partial charge in [-0.3, -0.25) is 4.79 Å². The standard InChI is InChI=1S/C8H6N4O/c13-5-7-1-4-11-12(7)8-2-3-9-6-10-8/h1-6H. The molecule has 2 heterocycles. The van der Waals surface area contributed by atoms with E-state index in [1.165, 1.54) is 11.0 Å². The van der Waals surface area contributed by atoms with Crippen LogP contribution in [0.1, 0.15) is 10.5 Å². The molecule has 0 aliphatic carbocycles. The molecule has 0 amide bonds. The maximum Gasteiger partial charge on any atom is 0.168 e. The van der Waals surface area contributed by atoms with Crippen LogP contribution in [0.15, 0.2) is 30.9 Å². The molecule has 0 fully saturated rings. The molecule has 0 N–H and O–H groups in total. The van der Waals surface area contributed by atoms with Gasteiger partial charge >= 0.3 is 0 Å². The van der Waals surface area contributed by atoms with Crippen molar-refractivity contribution in [1.82, 2.24) is 19.7 Å². The molecule has 0 bridgehead atoms. The molecule has 0 atom stereocenters. The summed E-state index contributed by atoms with van der Waals surface area (Å²) in [7, 11) is 0. The summed E-state index contributed by atoms with van der Waals surface area (Å²) >= 11 is 0. The largest absolute Gasteiger partial charge is 0.296 e. The predicted molar refractivity (Wildman–Crippen MR) is 44.5 cm³/mol. The van der Waals surface area contributed by atoms with E-state index in [1.54, 1.807) is 24.5 Å². The lowest BCUT2D eigenvalue weighted by Gasteiger charge is -1.99. The zero-order valence-corrected chi connectivity index (χ0v) is 6.66. The number of nitrogens with zero attached hydrogens (tertiary/aromatic N) is 4. The van der Waals surface area contributed by atoms with Crippen molar-refractivity contribution < 1.29 is 4.79 Å². The van der Waals surface area contributed by atoms with Crippen molar-refractivity contribution in [3.05, 3.63) is 36.5 Å². The van der Waals surface area contributed by atoms with Gasteiger partial charge in [0.05, 0.1) is 6.20 Å². The summed E-state index contributed by atoms with van der Waals surface area (Å²) in [5, 5.41) is 3.95. The third-order valence-electron chi connectivity index (χ3n) is 1.58. The van der Waals surface area contributed by atoms with Gasteiger partial charge in [-0.1, -0.05) is 0 Å². The number of carbonyl (C=O) groups is 1. The average Bonchev–Trinajstić information content (AvgIpc) is 2.67. The molecule has 0 spiro atoms. The summed E-state index contributed by atoms with van der Waals surface area (Å²) < 4.78 is 1.45. The zero-order chi connectivity index (χ0) is 9.10. The quantitative estimate of drug-likeness (QED) is 0.621. The maximum absolute atomic E-state index is 10.6. The average molecular weight is 174 g/mol. The molecule has 0 aliphatic rings. The van der Waals surface area contributed by atoms with E-state index in [0.717, 1.165) is 6.29 Å². The number of carbonyl (C=O) groups excluding carboxylic acids is 1. The summed E-state index contributed by atoms with van der Waals surface area (Å²) in [6.07, 6.45) is 5.28. The number of hydrogen-bond donors (Lipinski definition) is 0. The first kappa shape index (κ1) is 7.60.